The smallest absolute Gasteiger partial charge is 0.131 e. The third-order valence-electron chi connectivity index (χ3n) is 5.10. The molecule has 5 heteroatoms. The Hall–Kier alpha value is -1.04. The zero-order valence-corrected chi connectivity index (χ0v) is 13.6. The summed E-state index contributed by atoms with van der Waals surface area (Å²) in [5.74, 6) is -0.728. The highest BCUT2D eigenvalue weighted by molar-refractivity contribution is 5.22. The number of halogens is 2. The van der Waals surface area contributed by atoms with Gasteiger partial charge >= 0.3 is 0 Å². The fraction of sp³-hybridized carbons (Fsp3) is 0.667. The molecule has 2 unspecified atom stereocenters. The Morgan fingerprint density at radius 2 is 1.74 bits per heavy atom. The molecule has 128 valence electrons. The number of aliphatic hydroxyl groups excluding tert-OH is 1. The van der Waals surface area contributed by atoms with E-state index in [1.807, 2.05) is 0 Å². The van der Waals surface area contributed by atoms with Gasteiger partial charge in [0.25, 0.3) is 0 Å². The van der Waals surface area contributed by atoms with Gasteiger partial charge in [0.05, 0.1) is 11.7 Å². The maximum absolute atomic E-state index is 13.7. The van der Waals surface area contributed by atoms with Crippen LogP contribution in [0.4, 0.5) is 8.78 Å². The van der Waals surface area contributed by atoms with Gasteiger partial charge in [-0.15, -0.1) is 0 Å². The molecule has 2 saturated heterocycles. The summed E-state index contributed by atoms with van der Waals surface area (Å²) in [6, 6.07) is 3.72. The second-order valence-corrected chi connectivity index (χ2v) is 6.93. The van der Waals surface area contributed by atoms with Crippen LogP contribution in [0, 0.1) is 17.6 Å². The van der Waals surface area contributed by atoms with Crippen molar-refractivity contribution in [2.24, 2.45) is 5.92 Å². The summed E-state index contributed by atoms with van der Waals surface area (Å²) < 4.78 is 27.5. The summed E-state index contributed by atoms with van der Waals surface area (Å²) in [5, 5.41) is 10.2. The lowest BCUT2D eigenvalue weighted by Crippen LogP contribution is -2.35. The van der Waals surface area contributed by atoms with Crippen LogP contribution in [0.2, 0.25) is 0 Å². The van der Waals surface area contributed by atoms with Crippen molar-refractivity contribution in [3.63, 3.8) is 0 Å². The second-order valence-electron chi connectivity index (χ2n) is 6.93. The Morgan fingerprint density at radius 3 is 2.43 bits per heavy atom. The van der Waals surface area contributed by atoms with Crippen LogP contribution in [0.25, 0.3) is 0 Å². The molecule has 0 bridgehead atoms. The number of likely N-dealkylation sites (tertiary alicyclic amines) is 2. The Bertz CT molecular complexity index is 499. The van der Waals surface area contributed by atoms with Crippen molar-refractivity contribution in [3.05, 3.63) is 35.4 Å². The van der Waals surface area contributed by atoms with Crippen LogP contribution in [0.3, 0.4) is 0 Å². The van der Waals surface area contributed by atoms with Gasteiger partial charge in [-0.3, -0.25) is 0 Å². The molecule has 0 saturated carbocycles. The van der Waals surface area contributed by atoms with Gasteiger partial charge in [-0.1, -0.05) is 12.5 Å². The number of benzene rings is 1. The summed E-state index contributed by atoms with van der Waals surface area (Å²) in [5.41, 5.74) is -0.202. The number of piperidine rings is 1. The monoisotopic (exact) mass is 324 g/mol. The summed E-state index contributed by atoms with van der Waals surface area (Å²) in [4.78, 5) is 4.66. The van der Waals surface area contributed by atoms with Crippen molar-refractivity contribution in [3.8, 4) is 0 Å². The van der Waals surface area contributed by atoms with Gasteiger partial charge in [0.1, 0.15) is 11.6 Å². The van der Waals surface area contributed by atoms with E-state index in [4.69, 9.17) is 0 Å². The van der Waals surface area contributed by atoms with Crippen LogP contribution in [-0.2, 0) is 0 Å². The van der Waals surface area contributed by atoms with Crippen molar-refractivity contribution in [1.82, 2.24) is 9.80 Å². The van der Waals surface area contributed by atoms with Crippen LogP contribution in [-0.4, -0.2) is 54.2 Å². The topological polar surface area (TPSA) is 26.7 Å². The fourth-order valence-corrected chi connectivity index (χ4v) is 3.90. The average Bonchev–Trinajstić information content (AvgIpc) is 2.95. The molecule has 3 rings (SSSR count). The molecule has 2 atom stereocenters. The standard InChI is InChI=1S/C18H26F2N2O/c19-15-5-4-6-16(20)18(15)17(23)13-22-10-7-14(12-22)11-21-8-2-1-3-9-21/h4-6,14,17,23H,1-3,7-13H2. The van der Waals surface area contributed by atoms with E-state index in [1.165, 1.54) is 50.6 Å². The number of hydrogen-bond donors (Lipinski definition) is 1. The lowest BCUT2D eigenvalue weighted by atomic mass is 10.1. The Kier molecular flexibility index (Phi) is 5.62. The van der Waals surface area contributed by atoms with E-state index >= 15 is 0 Å². The Labute approximate surface area is 136 Å². The molecule has 2 aliphatic rings. The molecule has 2 aliphatic heterocycles. The molecule has 1 N–H and O–H groups in total. The van der Waals surface area contributed by atoms with Crippen molar-refractivity contribution < 1.29 is 13.9 Å². The first-order chi connectivity index (χ1) is 11.1. The molecule has 0 aliphatic carbocycles. The highest BCUT2D eigenvalue weighted by Gasteiger charge is 2.28. The number of rotatable bonds is 5. The summed E-state index contributed by atoms with van der Waals surface area (Å²) in [6.07, 6.45) is 3.92. The van der Waals surface area contributed by atoms with E-state index in [1.54, 1.807) is 0 Å². The normalized spacial score (nSPS) is 24.9. The largest absolute Gasteiger partial charge is 0.387 e. The number of β-amino-alcohol motifs (C(OH)–C–C–N with tert-alkyl or cyclic N) is 1. The van der Waals surface area contributed by atoms with E-state index in [-0.39, 0.29) is 5.56 Å². The second kappa shape index (κ2) is 7.69. The molecular formula is C18H26F2N2O. The lowest BCUT2D eigenvalue weighted by molar-refractivity contribution is 0.114. The molecule has 0 amide bonds. The molecule has 1 aromatic rings. The highest BCUT2D eigenvalue weighted by atomic mass is 19.1. The molecule has 1 aromatic carbocycles. The van der Waals surface area contributed by atoms with Crippen molar-refractivity contribution >= 4 is 0 Å². The summed E-state index contributed by atoms with van der Waals surface area (Å²) >= 11 is 0. The van der Waals surface area contributed by atoms with Gasteiger partial charge in [-0.05, 0) is 56.9 Å². The zero-order chi connectivity index (χ0) is 16.2. The quantitative estimate of drug-likeness (QED) is 0.902. The summed E-state index contributed by atoms with van der Waals surface area (Å²) in [7, 11) is 0. The molecule has 0 aromatic heterocycles. The molecule has 0 radical (unpaired) electrons. The Balaban J connectivity index is 1.51. The molecule has 23 heavy (non-hydrogen) atoms. The minimum Gasteiger partial charge on any atom is -0.387 e. The fourth-order valence-electron chi connectivity index (χ4n) is 3.90. The maximum Gasteiger partial charge on any atom is 0.131 e. The number of nitrogens with zero attached hydrogens (tertiary/aromatic N) is 2. The van der Waals surface area contributed by atoms with Gasteiger partial charge in [0.2, 0.25) is 0 Å². The van der Waals surface area contributed by atoms with E-state index in [0.29, 0.717) is 12.5 Å². The van der Waals surface area contributed by atoms with E-state index < -0.39 is 17.7 Å². The molecule has 2 heterocycles. The van der Waals surface area contributed by atoms with Gasteiger partial charge in [-0.2, -0.15) is 0 Å². The van der Waals surface area contributed by atoms with Crippen molar-refractivity contribution in [2.75, 3.05) is 39.3 Å². The first-order valence-electron chi connectivity index (χ1n) is 8.70. The summed E-state index contributed by atoms with van der Waals surface area (Å²) in [6.45, 7) is 5.60. The van der Waals surface area contributed by atoms with E-state index in [0.717, 1.165) is 26.1 Å². The Morgan fingerprint density at radius 1 is 1.04 bits per heavy atom. The predicted octanol–water partition coefficient (Wildman–Crippen LogP) is 2.81. The van der Waals surface area contributed by atoms with E-state index in [2.05, 4.69) is 9.80 Å². The maximum atomic E-state index is 13.7. The first-order valence-corrected chi connectivity index (χ1v) is 8.70. The predicted molar refractivity (Wildman–Crippen MR) is 86.2 cm³/mol. The average molecular weight is 324 g/mol. The highest BCUT2D eigenvalue weighted by Crippen LogP contribution is 2.25. The molecule has 2 fully saturated rings. The lowest BCUT2D eigenvalue weighted by Gasteiger charge is -2.29. The van der Waals surface area contributed by atoms with Crippen LogP contribution < -0.4 is 0 Å². The molecule has 3 nitrogen and oxygen atoms in total. The van der Waals surface area contributed by atoms with E-state index in [9.17, 15) is 13.9 Å². The molecular weight excluding hydrogens is 298 g/mol. The van der Waals surface area contributed by atoms with Gasteiger partial charge < -0.3 is 14.9 Å². The van der Waals surface area contributed by atoms with Crippen molar-refractivity contribution in [1.29, 1.82) is 0 Å². The van der Waals surface area contributed by atoms with Gasteiger partial charge in [0, 0.05) is 19.6 Å². The van der Waals surface area contributed by atoms with Crippen LogP contribution in [0.15, 0.2) is 18.2 Å². The van der Waals surface area contributed by atoms with Crippen molar-refractivity contribution in [2.45, 2.75) is 31.8 Å². The van der Waals surface area contributed by atoms with Gasteiger partial charge in [0.15, 0.2) is 0 Å². The van der Waals surface area contributed by atoms with Crippen LogP contribution in [0.5, 0.6) is 0 Å². The zero-order valence-electron chi connectivity index (χ0n) is 13.6. The minimum atomic E-state index is -1.11. The minimum absolute atomic E-state index is 0.202. The number of hydrogen-bond acceptors (Lipinski definition) is 3. The van der Waals surface area contributed by atoms with Crippen LogP contribution in [0.1, 0.15) is 37.4 Å². The third kappa shape index (κ3) is 4.28. The first kappa shape index (κ1) is 16.8. The SMILES string of the molecule is OC(CN1CCC(CN2CCCCC2)C1)c1c(F)cccc1F. The van der Waals surface area contributed by atoms with Crippen LogP contribution >= 0.6 is 0 Å². The molecule has 0 spiro atoms. The van der Waals surface area contributed by atoms with Gasteiger partial charge in [-0.25, -0.2) is 8.78 Å². The number of aliphatic hydroxyl groups is 1. The third-order valence-corrected chi connectivity index (χ3v) is 5.10.